The topological polar surface area (TPSA) is 238 Å². The number of hydrogen-bond acceptors (Lipinski definition) is 10. The fourth-order valence-electron chi connectivity index (χ4n) is 8.10. The number of H-pyrrole nitrogens is 2. The van der Waals surface area contributed by atoms with Gasteiger partial charge in [0.05, 0.1) is 36.0 Å². The van der Waals surface area contributed by atoms with Crippen molar-refractivity contribution >= 4 is 68.7 Å². The van der Waals surface area contributed by atoms with Crippen molar-refractivity contribution in [2.45, 2.75) is 25.7 Å². The lowest BCUT2D eigenvalue weighted by atomic mass is 9.97. The van der Waals surface area contributed by atoms with Gasteiger partial charge in [0.25, 0.3) is 11.8 Å². The molecule has 0 radical (unpaired) electrons. The monoisotopic (exact) mass is 857 g/mol. The van der Waals surface area contributed by atoms with Crippen LogP contribution in [0.3, 0.4) is 0 Å². The molecule has 328 valence electrons. The molecule has 0 saturated carbocycles. The number of carboxylic acids is 1. The van der Waals surface area contributed by atoms with Crippen molar-refractivity contribution in [2.24, 2.45) is 17.8 Å². The van der Waals surface area contributed by atoms with Crippen LogP contribution in [0.25, 0.3) is 21.8 Å². The molecule has 0 bridgehead atoms. The summed E-state index contributed by atoms with van der Waals surface area (Å²) in [5.41, 5.74) is 4.18. The number of likely N-dealkylation sites (tertiary alicyclic amines) is 3. The number of carbonyl (C=O) groups is 6. The number of piperidine rings is 1. The maximum atomic E-state index is 12.9. The lowest BCUT2D eigenvalue weighted by molar-refractivity contribution is -0.138. The summed E-state index contributed by atoms with van der Waals surface area (Å²) in [5.74, 6) is 4.86. The number of anilines is 2. The van der Waals surface area contributed by atoms with E-state index < -0.39 is 5.97 Å². The Morgan fingerprint density at radius 3 is 1.68 bits per heavy atom. The van der Waals surface area contributed by atoms with Crippen molar-refractivity contribution in [3.05, 3.63) is 83.7 Å². The van der Waals surface area contributed by atoms with Gasteiger partial charge in [-0.2, -0.15) is 10.2 Å². The summed E-state index contributed by atoms with van der Waals surface area (Å²) in [4.78, 5) is 78.6. The summed E-state index contributed by atoms with van der Waals surface area (Å²) in [7, 11) is 3.08. The van der Waals surface area contributed by atoms with E-state index >= 15 is 0 Å². The van der Waals surface area contributed by atoms with Crippen LogP contribution in [0.5, 0.6) is 0 Å². The summed E-state index contributed by atoms with van der Waals surface area (Å²) >= 11 is 0. The van der Waals surface area contributed by atoms with Gasteiger partial charge in [-0.05, 0) is 87.3 Å². The zero-order valence-corrected chi connectivity index (χ0v) is 35.2. The largest absolute Gasteiger partial charge is 0.480 e. The van der Waals surface area contributed by atoms with Crippen LogP contribution in [0.1, 0.15) is 52.2 Å². The van der Waals surface area contributed by atoms with E-state index in [1.807, 2.05) is 35.2 Å². The molecule has 3 aromatic carbocycles. The van der Waals surface area contributed by atoms with E-state index in [-0.39, 0.29) is 59.3 Å². The van der Waals surface area contributed by atoms with Gasteiger partial charge in [0.2, 0.25) is 17.7 Å². The van der Waals surface area contributed by atoms with Crippen LogP contribution in [0, 0.1) is 29.6 Å². The molecule has 63 heavy (non-hydrogen) atoms. The van der Waals surface area contributed by atoms with E-state index in [0.717, 1.165) is 37.0 Å². The molecule has 5 heterocycles. The van der Waals surface area contributed by atoms with Crippen LogP contribution in [0.2, 0.25) is 0 Å². The minimum Gasteiger partial charge on any atom is -0.480 e. The van der Waals surface area contributed by atoms with Crippen LogP contribution < -0.4 is 21.3 Å². The fraction of sp³-hybridized carbons (Fsp3) is 0.378. The highest BCUT2D eigenvalue weighted by Gasteiger charge is 2.32. The third-order valence-corrected chi connectivity index (χ3v) is 11.6. The predicted molar refractivity (Wildman–Crippen MR) is 236 cm³/mol. The number of carboxylic acid groups (broad SMARTS) is 1. The van der Waals surface area contributed by atoms with Crippen molar-refractivity contribution in [3.8, 4) is 11.8 Å². The second-order valence-corrected chi connectivity index (χ2v) is 15.9. The second-order valence-electron chi connectivity index (χ2n) is 15.9. The van der Waals surface area contributed by atoms with E-state index in [2.05, 4.69) is 58.4 Å². The molecule has 3 fully saturated rings. The number of amides is 5. The van der Waals surface area contributed by atoms with Crippen molar-refractivity contribution in [3.63, 3.8) is 0 Å². The Kier molecular flexibility index (Phi) is 14.1. The lowest BCUT2D eigenvalue weighted by Gasteiger charge is -2.31. The van der Waals surface area contributed by atoms with Crippen LogP contribution in [0.15, 0.2) is 66.7 Å². The fourth-order valence-corrected chi connectivity index (χ4v) is 8.10. The van der Waals surface area contributed by atoms with Crippen molar-refractivity contribution in [2.75, 3.05) is 77.1 Å². The average molecular weight is 858 g/mol. The highest BCUT2D eigenvalue weighted by Crippen LogP contribution is 2.25. The smallest absolute Gasteiger partial charge is 0.317 e. The number of nitrogens with zero attached hydrogens (tertiary/aromatic N) is 5. The highest BCUT2D eigenvalue weighted by atomic mass is 16.4. The lowest BCUT2D eigenvalue weighted by Crippen LogP contribution is -2.43. The van der Waals surface area contributed by atoms with Gasteiger partial charge in [-0.1, -0.05) is 30.0 Å². The minimum absolute atomic E-state index is 0.0553. The molecule has 5 amide bonds. The molecule has 0 aliphatic carbocycles. The zero-order chi connectivity index (χ0) is 44.5. The number of hydrogen-bond donors (Lipinski definition) is 7. The molecule has 18 heteroatoms. The summed E-state index contributed by atoms with van der Waals surface area (Å²) in [6, 6.07) is 20.5. The van der Waals surface area contributed by atoms with E-state index in [1.165, 1.54) is 7.05 Å². The molecule has 3 aliphatic rings. The molecule has 3 saturated heterocycles. The molecule has 18 nitrogen and oxygen atoms in total. The van der Waals surface area contributed by atoms with Crippen LogP contribution in [-0.4, -0.2) is 142 Å². The van der Waals surface area contributed by atoms with Crippen molar-refractivity contribution in [1.82, 2.24) is 45.7 Å². The van der Waals surface area contributed by atoms with E-state index in [1.54, 1.807) is 48.3 Å². The molecule has 7 N–H and O–H groups in total. The van der Waals surface area contributed by atoms with E-state index in [9.17, 15) is 28.8 Å². The maximum Gasteiger partial charge on any atom is 0.317 e. The van der Waals surface area contributed by atoms with E-state index in [0.29, 0.717) is 79.1 Å². The normalized spacial score (nSPS) is 17.9. The number of aromatic amines is 2. The van der Waals surface area contributed by atoms with Gasteiger partial charge in [-0.15, -0.1) is 0 Å². The Balaban J connectivity index is 0.000000206. The maximum absolute atomic E-state index is 12.9. The first-order valence-electron chi connectivity index (χ1n) is 21.0. The summed E-state index contributed by atoms with van der Waals surface area (Å²) in [6.45, 7) is 4.00. The standard InChI is InChI=1S/C29H32N6O3.C16H19N5O4/c1-30-29(38)27-24-17-23(9-10-25(24)32-33-27)31-28(37)22-13-14-34(18-22)19-26(36)35-15-11-21(12-16-35)8-7-20-5-3-2-4-6-20;1-17-16(25)14-11-6-10(2-3-12(11)19-20-14)18-15(24)9-4-5-21(7-9)8-13(22)23/h2-6,9-10,17,21-22H,11-16,18-19H2,1H3,(H,30,38)(H,31,37)(H,32,33);2-3,6,9H,4-5,7-8H2,1H3,(H,17,25)(H,18,24)(H,19,20)(H,22,23). The van der Waals surface area contributed by atoms with Crippen LogP contribution >= 0.6 is 0 Å². The molecule has 2 aromatic heterocycles. The molecule has 5 aromatic rings. The van der Waals surface area contributed by atoms with Gasteiger partial charge < -0.3 is 31.3 Å². The average Bonchev–Trinajstić information content (AvgIpc) is 4.13. The van der Waals surface area contributed by atoms with Gasteiger partial charge in [0.1, 0.15) is 0 Å². The quantitative estimate of drug-likeness (QED) is 0.101. The summed E-state index contributed by atoms with van der Waals surface area (Å²) in [5, 5.41) is 34.7. The number of fused-ring (bicyclic) bond motifs is 2. The number of aromatic nitrogens is 4. The number of rotatable bonds is 10. The number of carbonyl (C=O) groups excluding carboxylic acids is 5. The third-order valence-electron chi connectivity index (χ3n) is 11.6. The Morgan fingerprint density at radius 1 is 0.683 bits per heavy atom. The Labute approximate surface area is 363 Å². The summed E-state index contributed by atoms with van der Waals surface area (Å²) in [6.07, 6.45) is 3.10. The Hall–Kier alpha value is -7.10. The molecular formula is C45H51N11O7. The first-order chi connectivity index (χ1) is 30.5. The highest BCUT2D eigenvalue weighted by molar-refractivity contribution is 6.07. The van der Waals surface area contributed by atoms with Gasteiger partial charge in [0, 0.05) is 73.9 Å². The van der Waals surface area contributed by atoms with Gasteiger partial charge >= 0.3 is 5.97 Å². The first kappa shape index (κ1) is 44.0. The van der Waals surface area contributed by atoms with Crippen molar-refractivity contribution in [1.29, 1.82) is 0 Å². The van der Waals surface area contributed by atoms with Crippen LogP contribution in [-0.2, 0) is 19.2 Å². The molecule has 2 unspecified atom stereocenters. The number of benzene rings is 3. The molecular weight excluding hydrogens is 807 g/mol. The number of aliphatic carboxylic acids is 1. The zero-order valence-electron chi connectivity index (χ0n) is 35.2. The minimum atomic E-state index is -0.895. The molecule has 8 rings (SSSR count). The molecule has 3 aliphatic heterocycles. The third kappa shape index (κ3) is 11.1. The first-order valence-corrected chi connectivity index (χ1v) is 21.0. The van der Waals surface area contributed by atoms with Gasteiger partial charge in [-0.25, -0.2) is 0 Å². The second kappa shape index (κ2) is 20.2. The van der Waals surface area contributed by atoms with E-state index in [4.69, 9.17) is 5.11 Å². The Bertz CT molecular complexity index is 2550. The summed E-state index contributed by atoms with van der Waals surface area (Å²) < 4.78 is 0. The van der Waals surface area contributed by atoms with Gasteiger partial charge in [-0.3, -0.25) is 48.8 Å². The Morgan fingerprint density at radius 2 is 1.19 bits per heavy atom. The van der Waals surface area contributed by atoms with Crippen molar-refractivity contribution < 1.29 is 33.9 Å². The SMILES string of the molecule is CNC(=O)c1n[nH]c2ccc(NC(=O)C3CCN(CC(=O)N4CCC(C#Cc5ccccc5)CC4)C3)cc12.CNC(=O)c1n[nH]c2ccc(NC(=O)C3CCN(CC(=O)O)C3)cc12. The van der Waals surface area contributed by atoms with Crippen LogP contribution in [0.4, 0.5) is 11.4 Å². The van der Waals surface area contributed by atoms with Gasteiger partial charge in [0.15, 0.2) is 11.4 Å². The number of nitrogens with one attached hydrogen (secondary N) is 6. The molecule has 2 atom stereocenters. The molecule has 0 spiro atoms. The predicted octanol–water partition coefficient (Wildman–Crippen LogP) is 2.74.